The lowest BCUT2D eigenvalue weighted by Gasteiger charge is -2.12. The molecule has 24 nitrogen and oxygen atoms in total. The van der Waals surface area contributed by atoms with Gasteiger partial charge in [-0.3, -0.25) is 13.7 Å². The zero-order valence-corrected chi connectivity index (χ0v) is 36.4. The normalized spacial score (nSPS) is 12.6. The number of anilines is 6. The van der Waals surface area contributed by atoms with E-state index in [9.17, 15) is 47.9 Å². The number of azo groups is 2. The van der Waals surface area contributed by atoms with Crippen molar-refractivity contribution in [3.63, 3.8) is 0 Å². The molecule has 0 saturated heterocycles. The summed E-state index contributed by atoms with van der Waals surface area (Å²) in [6, 6.07) is 18.0. The Bertz CT molecular complexity index is 3310. The first-order chi connectivity index (χ1) is 30.0. The summed E-state index contributed by atoms with van der Waals surface area (Å²) in [5, 5.41) is 35.7. The lowest BCUT2D eigenvalue weighted by Crippen LogP contribution is -2.15. The molecule has 64 heavy (non-hydrogen) atoms. The van der Waals surface area contributed by atoms with Crippen molar-refractivity contribution in [3.8, 4) is 5.75 Å². The third kappa shape index (κ3) is 11.9. The van der Waals surface area contributed by atoms with Crippen molar-refractivity contribution in [1.29, 1.82) is 0 Å². The second-order valence-electron chi connectivity index (χ2n) is 12.9. The van der Waals surface area contributed by atoms with Crippen LogP contribution < -0.4 is 21.7 Å². The number of aromatic hydroxyl groups is 1. The molecule has 0 fully saturated rings. The minimum absolute atomic E-state index is 0.0464. The highest BCUT2D eigenvalue weighted by Gasteiger charge is 2.21. The molecule has 6 aromatic rings. The van der Waals surface area contributed by atoms with E-state index in [-0.39, 0.29) is 67.0 Å². The third-order valence-corrected chi connectivity index (χ3v) is 12.5. The van der Waals surface area contributed by atoms with E-state index in [1.54, 1.807) is 18.2 Å². The van der Waals surface area contributed by atoms with Crippen LogP contribution in [0.2, 0.25) is 5.28 Å². The first-order valence-electron chi connectivity index (χ1n) is 17.7. The summed E-state index contributed by atoms with van der Waals surface area (Å²) in [5.74, 6) is -1.53. The zero-order chi connectivity index (χ0) is 46.6. The first-order valence-corrected chi connectivity index (χ1v) is 24.0. The van der Waals surface area contributed by atoms with E-state index in [4.69, 9.17) is 21.9 Å². The smallest absolute Gasteiger partial charge is 0.397 e. The van der Waals surface area contributed by atoms with Crippen LogP contribution in [0.1, 0.15) is 6.92 Å². The van der Waals surface area contributed by atoms with Crippen molar-refractivity contribution in [3.05, 3.63) is 90.2 Å². The molecule has 0 atom stereocenters. The van der Waals surface area contributed by atoms with Crippen LogP contribution in [0.5, 0.6) is 5.75 Å². The Morgan fingerprint density at radius 2 is 1.36 bits per heavy atom. The predicted molar refractivity (Wildman–Crippen MR) is 232 cm³/mol. The molecule has 336 valence electrons. The second kappa shape index (κ2) is 18.7. The lowest BCUT2D eigenvalue weighted by molar-refractivity contribution is 0.284. The molecule has 0 aliphatic carbocycles. The van der Waals surface area contributed by atoms with E-state index in [0.717, 1.165) is 24.3 Å². The van der Waals surface area contributed by atoms with Gasteiger partial charge < -0.3 is 26.8 Å². The number of halogens is 1. The maximum absolute atomic E-state index is 12.6. The fourth-order valence-electron chi connectivity index (χ4n) is 5.60. The van der Waals surface area contributed by atoms with Crippen LogP contribution in [0.25, 0.3) is 10.8 Å². The van der Waals surface area contributed by atoms with Crippen LogP contribution in [-0.4, -0.2) is 86.3 Å². The molecule has 5 aromatic carbocycles. The molecule has 0 aliphatic heterocycles. The van der Waals surface area contributed by atoms with Crippen molar-refractivity contribution in [2.75, 3.05) is 40.6 Å². The number of hydrogen-bond acceptors (Lipinski definition) is 21. The molecule has 0 unspecified atom stereocenters. The van der Waals surface area contributed by atoms with E-state index in [1.807, 2.05) is 6.92 Å². The van der Waals surface area contributed by atoms with Crippen molar-refractivity contribution in [2.45, 2.75) is 21.6 Å². The van der Waals surface area contributed by atoms with Crippen LogP contribution in [0, 0.1) is 0 Å². The van der Waals surface area contributed by atoms with Gasteiger partial charge in [0, 0.05) is 24.0 Å². The summed E-state index contributed by atoms with van der Waals surface area (Å²) in [7, 11) is -18.5. The van der Waals surface area contributed by atoms with Crippen LogP contribution in [-0.2, 0) is 44.7 Å². The lowest BCUT2D eigenvalue weighted by atomic mass is 10.1. The molecule has 0 saturated carbocycles. The van der Waals surface area contributed by atoms with Crippen molar-refractivity contribution in [1.82, 2.24) is 15.0 Å². The summed E-state index contributed by atoms with van der Waals surface area (Å²) in [6.07, 6.45) is 0. The number of rotatable bonds is 17. The molecule has 0 aliphatic rings. The van der Waals surface area contributed by atoms with Crippen molar-refractivity contribution in [2.24, 2.45) is 20.5 Å². The van der Waals surface area contributed by atoms with Gasteiger partial charge in [0.15, 0.2) is 9.84 Å². The van der Waals surface area contributed by atoms with Gasteiger partial charge in [-0.05, 0) is 96.7 Å². The number of fused-ring (bicyclic) bond motifs is 1. The standard InChI is InChI=1S/C35H32ClN11O13S4/c1-2-38-21-6-11-26(28(16-21)40-35-42-33(36)41-34(43-35)39-20-4-8-23(9-5-20)61(49,50)14-13-60-64(57,58)59)45-44-22-7-12-27(30(17-22)63(54,55)56)46-47-32-25(37)10-3-19-15-24(62(51,52)53)18-29(48)31(19)32/h3-12,15-18,38,48H,2,13-14,37H2,1H3,(H,51,52,53)(H,54,55,56)(H,57,58,59)(H2,39,40,41,42,43). The molecule has 9 N–H and O–H groups in total. The minimum atomic E-state index is -4.98. The van der Waals surface area contributed by atoms with E-state index in [2.05, 4.69) is 55.5 Å². The number of phenolic OH excluding ortho intramolecular Hbond substituents is 1. The summed E-state index contributed by atoms with van der Waals surface area (Å²) in [4.78, 5) is 10.9. The third-order valence-electron chi connectivity index (χ3n) is 8.41. The second-order valence-corrected chi connectivity index (χ2v) is 19.3. The Labute approximate surface area is 368 Å². The van der Waals surface area contributed by atoms with Crippen LogP contribution >= 0.6 is 11.6 Å². The Hall–Kier alpha value is -6.50. The number of nitrogens with two attached hydrogens (primary N) is 1. The fourth-order valence-corrected chi connectivity index (χ4v) is 8.43. The molecular formula is C35H32ClN11O13S4. The maximum Gasteiger partial charge on any atom is 0.397 e. The quantitative estimate of drug-likeness (QED) is 0.0264. The highest BCUT2D eigenvalue weighted by Crippen LogP contribution is 2.41. The Kier molecular flexibility index (Phi) is 13.7. The Morgan fingerprint density at radius 3 is 2.02 bits per heavy atom. The molecule has 0 radical (unpaired) electrons. The van der Waals surface area contributed by atoms with Crippen LogP contribution in [0.4, 0.5) is 57.4 Å². The van der Waals surface area contributed by atoms with Crippen molar-refractivity contribution < 1.29 is 56.6 Å². The van der Waals surface area contributed by atoms with E-state index >= 15 is 0 Å². The Morgan fingerprint density at radius 1 is 0.703 bits per heavy atom. The average molecular weight is 978 g/mol. The summed E-state index contributed by atoms with van der Waals surface area (Å²) >= 11 is 6.21. The largest absolute Gasteiger partial charge is 0.507 e. The van der Waals surface area contributed by atoms with Gasteiger partial charge in [-0.15, -0.1) is 15.3 Å². The van der Waals surface area contributed by atoms with Gasteiger partial charge in [0.1, 0.15) is 27.7 Å². The minimum Gasteiger partial charge on any atom is -0.507 e. The molecule has 0 amide bonds. The number of sulfone groups is 1. The number of nitrogens with one attached hydrogen (secondary N) is 3. The van der Waals surface area contributed by atoms with Crippen molar-refractivity contribution >= 4 is 120 Å². The van der Waals surface area contributed by atoms with Crippen LogP contribution in [0.15, 0.2) is 120 Å². The van der Waals surface area contributed by atoms with Gasteiger partial charge in [0.05, 0.1) is 44.6 Å². The molecule has 1 heterocycles. The van der Waals surface area contributed by atoms with Gasteiger partial charge in [0.2, 0.25) is 17.2 Å². The maximum atomic E-state index is 12.6. The molecule has 29 heteroatoms. The highest BCUT2D eigenvalue weighted by molar-refractivity contribution is 7.91. The first kappa shape index (κ1) is 47.0. The van der Waals surface area contributed by atoms with Gasteiger partial charge in [0.25, 0.3) is 20.2 Å². The van der Waals surface area contributed by atoms with Gasteiger partial charge in [-0.1, -0.05) is 6.07 Å². The molecule has 0 spiro atoms. The SMILES string of the molecule is CCNc1ccc(N=Nc2ccc(N=Nc3c(N)ccc4cc(S(=O)(=O)O)cc(O)c34)c(S(=O)(=O)O)c2)c(Nc2nc(Cl)nc(Nc3ccc(S(=O)(=O)CCOS(=O)(=O)O)cc3)n2)c1. The van der Waals surface area contributed by atoms with Gasteiger partial charge >= 0.3 is 10.4 Å². The van der Waals surface area contributed by atoms with Crippen LogP contribution in [0.3, 0.4) is 0 Å². The van der Waals surface area contributed by atoms with E-state index in [1.165, 1.54) is 42.5 Å². The molecule has 6 rings (SSSR count). The number of hydrogen-bond donors (Lipinski definition) is 8. The average Bonchev–Trinajstić information content (AvgIpc) is 3.19. The zero-order valence-electron chi connectivity index (χ0n) is 32.4. The number of aromatic nitrogens is 3. The molecule has 1 aromatic heterocycles. The number of phenols is 1. The van der Waals surface area contributed by atoms with Gasteiger partial charge in [-0.25, -0.2) is 12.6 Å². The summed E-state index contributed by atoms with van der Waals surface area (Å²) < 4.78 is 127. The number of benzene rings is 5. The summed E-state index contributed by atoms with van der Waals surface area (Å²) in [6.45, 7) is 1.60. The number of nitrogens with zero attached hydrogens (tertiary/aromatic N) is 7. The van der Waals surface area contributed by atoms with E-state index in [0.29, 0.717) is 17.9 Å². The Balaban J connectivity index is 1.26. The fraction of sp³-hybridized carbons (Fsp3) is 0.114. The predicted octanol–water partition coefficient (Wildman–Crippen LogP) is 6.80. The topological polar surface area (TPSA) is 377 Å². The molecule has 0 bridgehead atoms. The highest BCUT2D eigenvalue weighted by atomic mass is 35.5. The number of nitrogen functional groups attached to an aromatic ring is 1. The summed E-state index contributed by atoms with van der Waals surface area (Å²) in [5.41, 5.74) is 6.76. The molecular weight excluding hydrogens is 946 g/mol. The monoisotopic (exact) mass is 977 g/mol. The van der Waals surface area contributed by atoms with E-state index < -0.39 is 68.4 Å². The van der Waals surface area contributed by atoms with Gasteiger partial charge in [-0.2, -0.15) is 45.3 Å².